The summed E-state index contributed by atoms with van der Waals surface area (Å²) in [7, 11) is -1.33. The molecule has 0 N–H and O–H groups in total. The number of nitrogens with zero attached hydrogens (tertiary/aromatic N) is 1. The van der Waals surface area contributed by atoms with E-state index in [0.29, 0.717) is 18.8 Å². The topological polar surface area (TPSA) is 20.3 Å². The molecule has 0 aliphatic carbocycles. The van der Waals surface area contributed by atoms with Gasteiger partial charge in [-0.05, 0) is 6.42 Å². The van der Waals surface area contributed by atoms with Crippen LogP contribution in [0.15, 0.2) is 0 Å². The predicted molar refractivity (Wildman–Crippen MR) is 66.6 cm³/mol. The minimum absolute atomic E-state index is 0.114. The molecule has 0 aromatic heterocycles. The molecule has 1 amide bonds. The lowest BCUT2D eigenvalue weighted by Gasteiger charge is -2.19. The van der Waals surface area contributed by atoms with Crippen LogP contribution in [0.1, 0.15) is 12.8 Å². The summed E-state index contributed by atoms with van der Waals surface area (Å²) >= 11 is 5.67. The Kier molecular flexibility index (Phi) is 4.24. The molecular formula is C11H18ClNOSi. The van der Waals surface area contributed by atoms with E-state index in [1.165, 1.54) is 0 Å². The average molecular weight is 244 g/mol. The van der Waals surface area contributed by atoms with Crippen LogP contribution in [0.2, 0.25) is 19.6 Å². The standard InChI is InChI=1S/C11H18ClNOSi/c1-15(2,3)9-6-10-4-5-11(14)13(10)8-7-12/h10H,4-5,7-8H2,1-3H3/t10-/m0/s1. The van der Waals surface area contributed by atoms with Crippen molar-refractivity contribution in [1.29, 1.82) is 0 Å². The quantitative estimate of drug-likeness (QED) is 0.413. The van der Waals surface area contributed by atoms with Crippen molar-refractivity contribution in [2.24, 2.45) is 0 Å². The van der Waals surface area contributed by atoms with Crippen LogP contribution >= 0.6 is 11.6 Å². The third kappa shape index (κ3) is 3.88. The number of rotatable bonds is 2. The zero-order valence-electron chi connectivity index (χ0n) is 9.64. The minimum atomic E-state index is -1.33. The Hall–Kier alpha value is -0.463. The van der Waals surface area contributed by atoms with Gasteiger partial charge in [0.15, 0.2) is 0 Å². The molecular weight excluding hydrogens is 226 g/mol. The zero-order chi connectivity index (χ0) is 11.5. The van der Waals surface area contributed by atoms with E-state index in [0.717, 1.165) is 6.42 Å². The molecule has 1 fully saturated rings. The van der Waals surface area contributed by atoms with E-state index in [1.54, 1.807) is 0 Å². The number of likely N-dealkylation sites (tertiary alicyclic amines) is 1. The summed E-state index contributed by atoms with van der Waals surface area (Å²) in [5.41, 5.74) is 3.32. The van der Waals surface area contributed by atoms with Gasteiger partial charge in [-0.25, -0.2) is 0 Å². The summed E-state index contributed by atoms with van der Waals surface area (Å²) in [6.45, 7) is 7.26. The number of carbonyl (C=O) groups is 1. The van der Waals surface area contributed by atoms with Gasteiger partial charge in [-0.3, -0.25) is 4.79 Å². The highest BCUT2D eigenvalue weighted by molar-refractivity contribution is 6.83. The van der Waals surface area contributed by atoms with Crippen molar-refractivity contribution in [1.82, 2.24) is 4.90 Å². The Morgan fingerprint density at radius 1 is 1.53 bits per heavy atom. The molecule has 1 aliphatic heterocycles. The van der Waals surface area contributed by atoms with Crippen LogP contribution < -0.4 is 0 Å². The number of amides is 1. The number of hydrogen-bond acceptors (Lipinski definition) is 1. The molecule has 0 aromatic carbocycles. The van der Waals surface area contributed by atoms with Crippen LogP contribution in [0.25, 0.3) is 0 Å². The highest BCUT2D eigenvalue weighted by atomic mass is 35.5. The lowest BCUT2D eigenvalue weighted by molar-refractivity contribution is -0.128. The van der Waals surface area contributed by atoms with Crippen LogP contribution in [0.5, 0.6) is 0 Å². The molecule has 84 valence electrons. The third-order valence-corrected chi connectivity index (χ3v) is 3.33. The number of alkyl halides is 1. The van der Waals surface area contributed by atoms with E-state index < -0.39 is 8.07 Å². The fourth-order valence-electron chi connectivity index (χ4n) is 1.55. The molecule has 4 heteroatoms. The summed E-state index contributed by atoms with van der Waals surface area (Å²) in [4.78, 5) is 13.3. The van der Waals surface area contributed by atoms with E-state index in [9.17, 15) is 4.79 Å². The highest BCUT2D eigenvalue weighted by Crippen LogP contribution is 2.18. The molecule has 1 rings (SSSR count). The lowest BCUT2D eigenvalue weighted by Crippen LogP contribution is -2.34. The van der Waals surface area contributed by atoms with Gasteiger partial charge < -0.3 is 4.90 Å². The summed E-state index contributed by atoms with van der Waals surface area (Å²) in [6.07, 6.45) is 1.50. The molecule has 1 heterocycles. The van der Waals surface area contributed by atoms with Crippen molar-refractivity contribution in [3.63, 3.8) is 0 Å². The molecule has 1 saturated heterocycles. The fourth-order valence-corrected chi connectivity index (χ4v) is 2.34. The van der Waals surface area contributed by atoms with Crippen LogP contribution in [0, 0.1) is 11.5 Å². The normalized spacial score (nSPS) is 21.5. The van der Waals surface area contributed by atoms with Gasteiger partial charge in [0.1, 0.15) is 8.07 Å². The molecule has 0 spiro atoms. The zero-order valence-corrected chi connectivity index (χ0v) is 11.4. The molecule has 0 bridgehead atoms. The van der Waals surface area contributed by atoms with Crippen molar-refractivity contribution in [2.45, 2.75) is 38.5 Å². The summed E-state index contributed by atoms with van der Waals surface area (Å²) < 4.78 is 0. The van der Waals surface area contributed by atoms with E-state index in [2.05, 4.69) is 31.1 Å². The van der Waals surface area contributed by atoms with Gasteiger partial charge in [0.05, 0.1) is 6.04 Å². The Morgan fingerprint density at radius 3 is 2.73 bits per heavy atom. The van der Waals surface area contributed by atoms with Gasteiger partial charge in [0.25, 0.3) is 0 Å². The molecule has 2 nitrogen and oxygen atoms in total. The second-order valence-corrected chi connectivity index (χ2v) is 9.98. The van der Waals surface area contributed by atoms with Crippen molar-refractivity contribution in [2.75, 3.05) is 12.4 Å². The first-order valence-electron chi connectivity index (χ1n) is 5.32. The van der Waals surface area contributed by atoms with Crippen molar-refractivity contribution in [3.05, 3.63) is 0 Å². The Bertz CT molecular complexity index is 300. The van der Waals surface area contributed by atoms with Gasteiger partial charge >= 0.3 is 0 Å². The lowest BCUT2D eigenvalue weighted by atomic mass is 10.2. The maximum atomic E-state index is 11.5. The first-order valence-corrected chi connectivity index (χ1v) is 9.35. The summed E-state index contributed by atoms with van der Waals surface area (Å²) in [6, 6.07) is 0.114. The maximum absolute atomic E-state index is 11.5. The van der Waals surface area contributed by atoms with Crippen molar-refractivity contribution >= 4 is 25.6 Å². The summed E-state index contributed by atoms with van der Waals surface area (Å²) in [5, 5.41) is 0. The Balaban J connectivity index is 2.68. The van der Waals surface area contributed by atoms with E-state index >= 15 is 0 Å². The van der Waals surface area contributed by atoms with E-state index in [4.69, 9.17) is 11.6 Å². The Labute approximate surface area is 98.0 Å². The predicted octanol–water partition coefficient (Wildman–Crippen LogP) is 2.10. The molecule has 1 atom stereocenters. The van der Waals surface area contributed by atoms with Crippen LogP contribution in [0.4, 0.5) is 0 Å². The molecule has 15 heavy (non-hydrogen) atoms. The second-order valence-electron chi connectivity index (χ2n) is 4.85. The van der Waals surface area contributed by atoms with Crippen LogP contribution in [-0.2, 0) is 4.79 Å². The van der Waals surface area contributed by atoms with E-state index in [-0.39, 0.29) is 11.9 Å². The molecule has 1 aliphatic rings. The van der Waals surface area contributed by atoms with Crippen LogP contribution in [0.3, 0.4) is 0 Å². The van der Waals surface area contributed by atoms with Gasteiger partial charge in [-0.15, -0.1) is 17.1 Å². The second kappa shape index (κ2) is 5.04. The van der Waals surface area contributed by atoms with Crippen LogP contribution in [-0.4, -0.2) is 37.3 Å². The maximum Gasteiger partial charge on any atom is 0.223 e. The van der Waals surface area contributed by atoms with Gasteiger partial charge in [0, 0.05) is 18.8 Å². The number of hydrogen-bond donors (Lipinski definition) is 0. The monoisotopic (exact) mass is 243 g/mol. The first kappa shape index (κ1) is 12.6. The van der Waals surface area contributed by atoms with Crippen molar-refractivity contribution < 1.29 is 4.79 Å². The smallest absolute Gasteiger partial charge is 0.223 e. The SMILES string of the molecule is C[Si](C)(C)C#C[C@@H]1CCC(=O)N1CCCl. The van der Waals surface area contributed by atoms with Gasteiger partial charge in [0.2, 0.25) is 5.91 Å². The minimum Gasteiger partial charge on any atom is -0.328 e. The number of carbonyl (C=O) groups excluding carboxylic acids is 1. The molecule has 0 radical (unpaired) electrons. The highest BCUT2D eigenvalue weighted by Gasteiger charge is 2.28. The third-order valence-electron chi connectivity index (χ3n) is 2.27. The molecule has 0 aromatic rings. The van der Waals surface area contributed by atoms with Gasteiger partial charge in [-0.1, -0.05) is 25.6 Å². The fraction of sp³-hybridized carbons (Fsp3) is 0.727. The Morgan fingerprint density at radius 2 is 2.20 bits per heavy atom. The van der Waals surface area contributed by atoms with E-state index in [1.807, 2.05) is 4.90 Å². The average Bonchev–Trinajstić information content (AvgIpc) is 2.45. The molecule has 0 unspecified atom stereocenters. The number of halogens is 1. The van der Waals surface area contributed by atoms with Crippen molar-refractivity contribution in [3.8, 4) is 11.5 Å². The molecule has 0 saturated carbocycles. The first-order chi connectivity index (χ1) is 6.94. The largest absolute Gasteiger partial charge is 0.328 e. The summed E-state index contributed by atoms with van der Waals surface area (Å²) in [5.74, 6) is 3.94. The van der Waals surface area contributed by atoms with Gasteiger partial charge in [-0.2, -0.15) is 0 Å².